The third kappa shape index (κ3) is 51.0. The van der Waals surface area contributed by atoms with E-state index < -0.39 is 89.7 Å². The number of unbranched alkanes of at least 4 members (excludes halogenated alkanes) is 13. The summed E-state index contributed by atoms with van der Waals surface area (Å²) in [4.78, 5) is 142. The van der Waals surface area contributed by atoms with Crippen LogP contribution in [0.15, 0.2) is 30.6 Å². The fraction of sp³-hybridized carbons (Fsp3) is 0.786. The van der Waals surface area contributed by atoms with E-state index in [1.165, 1.54) is 96.4 Å². The van der Waals surface area contributed by atoms with E-state index >= 15 is 0 Å². The first-order chi connectivity index (χ1) is 28.2. The fourth-order valence-corrected chi connectivity index (χ4v) is 9.04. The van der Waals surface area contributed by atoms with Crippen molar-refractivity contribution in [2.75, 3.05) is 0 Å². The van der Waals surface area contributed by atoms with Crippen LogP contribution in [0.4, 0.5) is 4.79 Å². The minimum atomic E-state index is -6.68. The molecule has 428 valence electrons. The van der Waals surface area contributed by atoms with E-state index in [2.05, 4.69) is 69.2 Å². The van der Waals surface area contributed by atoms with E-state index in [4.69, 9.17) is 15.0 Å². The molecule has 0 aliphatic heterocycles. The zero-order valence-electron chi connectivity index (χ0n) is 34.8. The van der Waals surface area contributed by atoms with Gasteiger partial charge in [0, 0.05) is 18.6 Å². The fourth-order valence-electron chi connectivity index (χ4n) is 5.81. The van der Waals surface area contributed by atoms with Crippen LogP contribution in [0.5, 0.6) is 0 Å². The zero-order chi connectivity index (χ0) is 48.0. The summed E-state index contributed by atoms with van der Waals surface area (Å²) in [6.07, 6.45) is 0.860. The molecule has 0 unspecified atom stereocenters. The third-order valence-electron chi connectivity index (χ3n) is 7.99. The molecule has 69 heavy (non-hydrogen) atoms. The second-order valence-corrected chi connectivity index (χ2v) is 19.7. The standard InChI is InChI=1S/C21H38N.C6H18O24P6.CH2O3.ClH.6Cu/c1-2-3-4-5-6-7-8-9-10-11-12-13-14-16-19-22-20-17-15-18-21-22;7-31(8,9)25-1-2(26-32(10,11)12)4(28-34(16,17)18)6(30-36(22,23)24)5(29-35(19,20)21)3(1)27-33(13,14)15;2-1(3)4;;;;;;;/h15,17-18,20-21H,2-14,16,19H2,1H3;1-6H,(H2,7,8,9)(H2,10,11,12)(H2,13,14,15)(H2,16,17,18)(H2,19,20,21)(H2,22,23,24);(H2,2,3,4);1H;;;;;;/q+1;;;;6*+2/p-14. The van der Waals surface area contributed by atoms with Gasteiger partial charge in [0.25, 0.3) is 0 Å². The number of nitrogens with zero attached hydrogens (tertiary/aromatic N) is 1. The molecule has 6 radical (unpaired) electrons. The van der Waals surface area contributed by atoms with Gasteiger partial charge in [-0.3, -0.25) is 0 Å². The molecule has 0 saturated heterocycles. The largest absolute Gasteiger partial charge is 2.00 e. The SMILES string of the molecule is CCCCCCCCCCCCCCCC[n+]1ccccc1.O=C([O-])O.O=P([O-])([O-])OC1C(OP(=O)([O-])[O-])C(OP(=O)([O-])[O-])C(OP(=O)([O-])[O-])C(OP(=O)([O-])[O-])C1OP(=O)([O-])[O-].[Cl-].[Cu+2].[Cu+2].[Cu+2].[Cu+2].[Cu+2].[Cu+2]. The van der Waals surface area contributed by atoms with Crippen molar-refractivity contribution in [1.82, 2.24) is 0 Å². The quantitative estimate of drug-likeness (QED) is 0.0370. The molecule has 1 N–H and O–H groups in total. The van der Waals surface area contributed by atoms with Crippen molar-refractivity contribution in [2.45, 2.75) is 140 Å². The average Bonchev–Trinajstić information content (AvgIpc) is 3.07. The number of pyridine rings is 1. The first-order valence-electron chi connectivity index (χ1n) is 18.3. The van der Waals surface area contributed by atoms with E-state index in [1.54, 1.807) is 0 Å². The van der Waals surface area contributed by atoms with Gasteiger partial charge >= 0.3 is 102 Å². The summed E-state index contributed by atoms with van der Waals surface area (Å²) in [6, 6.07) is 6.31. The molecule has 0 spiro atoms. The first-order valence-corrected chi connectivity index (χ1v) is 27.1. The molecule has 1 aromatic heterocycles. The van der Waals surface area contributed by atoms with Crippen molar-refractivity contribution in [3.63, 3.8) is 0 Å². The van der Waals surface area contributed by atoms with Crippen LogP contribution in [0.2, 0.25) is 0 Å². The predicted molar refractivity (Wildman–Crippen MR) is 180 cm³/mol. The molecular formula is C28H45ClCu6NO27P6-. The second kappa shape index (κ2) is 43.5. The second-order valence-electron chi connectivity index (χ2n) is 13.1. The molecule has 0 aromatic carbocycles. The zero-order valence-corrected chi connectivity index (χ0v) is 46.6. The van der Waals surface area contributed by atoms with Crippen molar-refractivity contribution in [2.24, 2.45) is 0 Å². The molecule has 1 saturated carbocycles. The number of aryl methyl sites for hydroxylation is 1. The van der Waals surface area contributed by atoms with Crippen LogP contribution >= 0.6 is 46.9 Å². The van der Waals surface area contributed by atoms with Crippen LogP contribution in [-0.2, 0) is 163 Å². The molecule has 2 rings (SSSR count). The smallest absolute Gasteiger partial charge is 1.00 e. The van der Waals surface area contributed by atoms with Crippen LogP contribution in [0, 0.1) is 0 Å². The number of aromatic nitrogens is 1. The van der Waals surface area contributed by atoms with E-state index in [0.717, 1.165) is 0 Å². The molecule has 0 atom stereocenters. The summed E-state index contributed by atoms with van der Waals surface area (Å²) in [5, 5.41) is 15.3. The van der Waals surface area contributed by atoms with Crippen LogP contribution < -0.4 is 80.8 Å². The van der Waals surface area contributed by atoms with Crippen LogP contribution in [0.25, 0.3) is 0 Å². The van der Waals surface area contributed by atoms with E-state index in [1.807, 2.05) is 0 Å². The first kappa shape index (κ1) is 88.1. The van der Waals surface area contributed by atoms with Gasteiger partial charge in [0.1, 0.15) is 43.2 Å². The number of carboxylic acid groups (broad SMARTS) is 2. The molecular weight excluding hydrogens is 1380 g/mol. The van der Waals surface area contributed by atoms with Gasteiger partial charge < -0.3 is 141 Å². The third-order valence-corrected chi connectivity index (χ3v) is 11.0. The summed E-state index contributed by atoms with van der Waals surface area (Å²) in [5.41, 5.74) is 0. The maximum absolute atomic E-state index is 11.1. The van der Waals surface area contributed by atoms with E-state index in [9.17, 15) is 86.1 Å². The average molecular weight is 1430 g/mol. The van der Waals surface area contributed by atoms with Crippen LogP contribution in [0.1, 0.15) is 96.8 Å². The summed E-state index contributed by atoms with van der Waals surface area (Å²) in [7, 11) is -40.1. The van der Waals surface area contributed by atoms with Gasteiger partial charge in [0.2, 0.25) is 6.16 Å². The van der Waals surface area contributed by atoms with E-state index in [-0.39, 0.29) is 115 Å². The number of phosphoric acid groups is 6. The molecule has 28 nitrogen and oxygen atoms in total. The van der Waals surface area contributed by atoms with Gasteiger partial charge in [-0.2, -0.15) is 0 Å². The van der Waals surface area contributed by atoms with Crippen molar-refractivity contribution < 1.29 is 248 Å². The number of hydrogen-bond donors (Lipinski definition) is 1. The maximum Gasteiger partial charge on any atom is 2.00 e. The van der Waals surface area contributed by atoms with Gasteiger partial charge in [-0.25, -0.2) is 4.57 Å². The number of phosphoric ester groups is 6. The summed E-state index contributed by atoms with van der Waals surface area (Å²) in [5.74, 6) is 0. The number of hydrogen-bond acceptors (Lipinski definition) is 26. The molecule has 1 aliphatic carbocycles. The number of halogens is 1. The Labute approximate surface area is 467 Å². The molecule has 1 fully saturated rings. The molecule has 0 amide bonds. The van der Waals surface area contributed by atoms with Crippen LogP contribution in [-0.4, -0.2) is 47.9 Å². The van der Waals surface area contributed by atoms with Crippen molar-refractivity contribution >= 4 is 53.1 Å². The molecule has 1 aromatic rings. The van der Waals surface area contributed by atoms with Crippen molar-refractivity contribution in [3.05, 3.63) is 30.6 Å². The predicted octanol–water partition coefficient (Wildman–Crippen LogP) is -8.38. The Hall–Kier alpha value is 2.49. The van der Waals surface area contributed by atoms with Crippen molar-refractivity contribution in [1.29, 1.82) is 0 Å². The molecule has 41 heteroatoms. The summed E-state index contributed by atoms with van der Waals surface area (Å²) < 4.78 is 90.6. The summed E-state index contributed by atoms with van der Waals surface area (Å²) >= 11 is 0. The molecule has 1 aliphatic rings. The monoisotopic (exact) mass is 1430 g/mol. The van der Waals surface area contributed by atoms with Gasteiger partial charge in [-0.1, -0.05) is 90.0 Å². The number of rotatable bonds is 27. The van der Waals surface area contributed by atoms with E-state index in [0.29, 0.717) is 0 Å². The Morgan fingerprint density at radius 3 is 0.768 bits per heavy atom. The van der Waals surface area contributed by atoms with Gasteiger partial charge in [-0.05, 0) is 6.42 Å². The molecule has 0 bridgehead atoms. The Bertz CT molecular complexity index is 1510. The number of carbonyl (C=O) groups is 1. The Morgan fingerprint density at radius 1 is 0.420 bits per heavy atom. The summed E-state index contributed by atoms with van der Waals surface area (Å²) in [6.45, 7) is 3.47. The minimum Gasteiger partial charge on any atom is -1.00 e. The normalized spacial score (nSPS) is 19.1. The van der Waals surface area contributed by atoms with Gasteiger partial charge in [-0.15, -0.1) is 0 Å². The van der Waals surface area contributed by atoms with Gasteiger partial charge in [0.05, 0.1) is 46.9 Å². The Kier molecular flexibility index (Phi) is 55.5. The maximum atomic E-state index is 11.1. The van der Waals surface area contributed by atoms with Crippen molar-refractivity contribution in [3.8, 4) is 0 Å². The molecule has 1 heterocycles. The van der Waals surface area contributed by atoms with Crippen LogP contribution in [0.3, 0.4) is 0 Å². The van der Waals surface area contributed by atoms with Gasteiger partial charge in [0.15, 0.2) is 12.4 Å². The minimum absolute atomic E-state index is 0. The Morgan fingerprint density at radius 2 is 0.594 bits per heavy atom. The Balaban J connectivity index is -0.000000163. The topological polar surface area (TPSA) is 499 Å².